The van der Waals surface area contributed by atoms with Gasteiger partial charge < -0.3 is 10.1 Å². The van der Waals surface area contributed by atoms with Crippen molar-refractivity contribution in [3.05, 3.63) is 52.8 Å². The highest BCUT2D eigenvalue weighted by atomic mass is 32.2. The van der Waals surface area contributed by atoms with Gasteiger partial charge >= 0.3 is 0 Å². The standard InChI is InChI=1S/C14H16FNO2S/c1-16-8-14(7-12(15)9-17)19-10-11-3-5-13(18-2)6-4-11/h3-9,16H,10H2,1-2H3/b12-7+,14-8+. The molecular formula is C14H16FNO2S. The number of thioether (sulfide) groups is 1. The average Bonchev–Trinajstić information content (AvgIpc) is 2.45. The first-order valence-corrected chi connectivity index (χ1v) is 6.63. The summed E-state index contributed by atoms with van der Waals surface area (Å²) in [5.41, 5.74) is 1.09. The molecule has 0 unspecified atom stereocenters. The first-order chi connectivity index (χ1) is 9.19. The number of carbonyl (C=O) groups excluding carboxylic acids is 1. The third-order valence-electron chi connectivity index (χ3n) is 2.24. The van der Waals surface area contributed by atoms with Gasteiger partial charge in [0.05, 0.1) is 7.11 Å². The number of hydrogen-bond donors (Lipinski definition) is 1. The van der Waals surface area contributed by atoms with Crippen LogP contribution in [-0.4, -0.2) is 20.4 Å². The number of allylic oxidation sites excluding steroid dienone is 2. The van der Waals surface area contributed by atoms with Gasteiger partial charge in [-0.1, -0.05) is 12.1 Å². The van der Waals surface area contributed by atoms with Crippen molar-refractivity contribution in [3.8, 4) is 5.75 Å². The second-order valence-electron chi connectivity index (χ2n) is 3.62. The molecule has 102 valence electrons. The second-order valence-corrected chi connectivity index (χ2v) is 4.67. The van der Waals surface area contributed by atoms with Crippen LogP contribution in [0.5, 0.6) is 5.75 Å². The zero-order chi connectivity index (χ0) is 14.1. The van der Waals surface area contributed by atoms with E-state index in [1.165, 1.54) is 17.8 Å². The van der Waals surface area contributed by atoms with E-state index in [4.69, 9.17) is 4.74 Å². The summed E-state index contributed by atoms with van der Waals surface area (Å²) in [6.07, 6.45) is 3.05. The van der Waals surface area contributed by atoms with E-state index in [0.717, 1.165) is 11.3 Å². The fourth-order valence-corrected chi connectivity index (χ4v) is 2.25. The van der Waals surface area contributed by atoms with E-state index in [1.807, 2.05) is 24.3 Å². The van der Waals surface area contributed by atoms with E-state index in [9.17, 15) is 9.18 Å². The molecule has 0 aromatic heterocycles. The van der Waals surface area contributed by atoms with Crippen molar-refractivity contribution >= 4 is 18.0 Å². The number of benzene rings is 1. The molecule has 1 aromatic rings. The number of methoxy groups -OCH3 is 1. The lowest BCUT2D eigenvalue weighted by atomic mass is 10.2. The number of nitrogens with one attached hydrogen (secondary N) is 1. The molecule has 0 spiro atoms. The Bertz CT molecular complexity index is 469. The number of carbonyl (C=O) groups is 1. The molecule has 0 saturated heterocycles. The monoisotopic (exact) mass is 281 g/mol. The molecule has 19 heavy (non-hydrogen) atoms. The zero-order valence-electron chi connectivity index (χ0n) is 10.9. The number of rotatable bonds is 7. The van der Waals surface area contributed by atoms with Gasteiger partial charge in [-0.2, -0.15) is 0 Å². The molecule has 1 rings (SSSR count). The van der Waals surface area contributed by atoms with Gasteiger partial charge in [0.15, 0.2) is 12.1 Å². The summed E-state index contributed by atoms with van der Waals surface area (Å²) in [7, 11) is 3.34. The third kappa shape index (κ3) is 5.61. The summed E-state index contributed by atoms with van der Waals surface area (Å²) < 4.78 is 18.0. The summed E-state index contributed by atoms with van der Waals surface area (Å²) >= 11 is 1.44. The van der Waals surface area contributed by atoms with Crippen LogP contribution in [0.4, 0.5) is 4.39 Å². The molecule has 0 radical (unpaired) electrons. The van der Waals surface area contributed by atoms with E-state index in [-0.39, 0.29) is 6.29 Å². The lowest BCUT2D eigenvalue weighted by Gasteiger charge is -2.05. The molecule has 0 bridgehead atoms. The highest BCUT2D eigenvalue weighted by Crippen LogP contribution is 2.24. The Labute approximate surface area is 116 Å². The Balaban J connectivity index is 2.65. The smallest absolute Gasteiger partial charge is 0.178 e. The molecule has 1 N–H and O–H groups in total. The maximum Gasteiger partial charge on any atom is 0.178 e. The molecule has 0 atom stereocenters. The topological polar surface area (TPSA) is 38.3 Å². The minimum Gasteiger partial charge on any atom is -0.497 e. The van der Waals surface area contributed by atoms with Crippen LogP contribution in [0, 0.1) is 0 Å². The summed E-state index contributed by atoms with van der Waals surface area (Å²) in [5, 5.41) is 2.82. The van der Waals surface area contributed by atoms with Crippen LogP contribution in [0.1, 0.15) is 5.56 Å². The zero-order valence-corrected chi connectivity index (χ0v) is 11.7. The van der Waals surface area contributed by atoms with Crippen molar-refractivity contribution in [2.75, 3.05) is 14.2 Å². The van der Waals surface area contributed by atoms with Crippen molar-refractivity contribution in [3.63, 3.8) is 0 Å². The molecule has 0 amide bonds. The fourth-order valence-electron chi connectivity index (χ4n) is 1.33. The Morgan fingerprint density at radius 1 is 1.42 bits per heavy atom. The first-order valence-electron chi connectivity index (χ1n) is 5.65. The van der Waals surface area contributed by atoms with E-state index in [2.05, 4.69) is 5.32 Å². The normalized spacial score (nSPS) is 12.2. The summed E-state index contributed by atoms with van der Waals surface area (Å²) in [6, 6.07) is 7.64. The Hall–Kier alpha value is -1.75. The van der Waals surface area contributed by atoms with Gasteiger partial charge in [-0.05, 0) is 23.8 Å². The summed E-state index contributed by atoms with van der Waals surface area (Å²) in [6.45, 7) is 0. The van der Waals surface area contributed by atoms with Gasteiger partial charge in [0.2, 0.25) is 0 Å². The van der Waals surface area contributed by atoms with Gasteiger partial charge in [0.25, 0.3) is 0 Å². The van der Waals surface area contributed by atoms with Gasteiger partial charge in [0.1, 0.15) is 5.75 Å². The van der Waals surface area contributed by atoms with Crippen molar-refractivity contribution in [1.82, 2.24) is 5.32 Å². The molecule has 0 heterocycles. The minimum absolute atomic E-state index is 0.192. The van der Waals surface area contributed by atoms with Crippen molar-refractivity contribution < 1.29 is 13.9 Å². The van der Waals surface area contributed by atoms with Crippen LogP contribution < -0.4 is 10.1 Å². The van der Waals surface area contributed by atoms with Gasteiger partial charge in [-0.25, -0.2) is 4.39 Å². The largest absolute Gasteiger partial charge is 0.497 e. The van der Waals surface area contributed by atoms with Crippen molar-refractivity contribution in [2.24, 2.45) is 0 Å². The van der Waals surface area contributed by atoms with Gasteiger partial charge in [-0.3, -0.25) is 4.79 Å². The molecule has 0 aliphatic rings. The van der Waals surface area contributed by atoms with Gasteiger partial charge in [0, 0.05) is 23.9 Å². The van der Waals surface area contributed by atoms with Crippen LogP contribution in [0.25, 0.3) is 0 Å². The van der Waals surface area contributed by atoms with Crippen molar-refractivity contribution in [1.29, 1.82) is 0 Å². The Morgan fingerprint density at radius 2 is 2.11 bits per heavy atom. The number of aldehydes is 1. The molecule has 3 nitrogen and oxygen atoms in total. The van der Waals surface area contributed by atoms with Crippen LogP contribution in [0.2, 0.25) is 0 Å². The quantitative estimate of drug-likeness (QED) is 0.473. The van der Waals surface area contributed by atoms with E-state index in [0.29, 0.717) is 10.7 Å². The van der Waals surface area contributed by atoms with Crippen LogP contribution in [0.3, 0.4) is 0 Å². The molecule has 1 aromatic carbocycles. The van der Waals surface area contributed by atoms with E-state index >= 15 is 0 Å². The maximum absolute atomic E-state index is 12.9. The number of halogens is 1. The lowest BCUT2D eigenvalue weighted by Crippen LogP contribution is -1.94. The fraction of sp³-hybridized carbons (Fsp3) is 0.214. The van der Waals surface area contributed by atoms with Crippen LogP contribution in [-0.2, 0) is 10.5 Å². The molecular weight excluding hydrogens is 265 g/mol. The molecule has 0 saturated carbocycles. The predicted octanol–water partition coefficient (Wildman–Crippen LogP) is 3.04. The third-order valence-corrected chi connectivity index (χ3v) is 3.29. The maximum atomic E-state index is 12.9. The predicted molar refractivity (Wildman–Crippen MR) is 76.7 cm³/mol. The van der Waals surface area contributed by atoms with E-state index in [1.54, 1.807) is 20.4 Å². The Kier molecular flexibility index (Phi) is 6.74. The number of hydrogen-bond acceptors (Lipinski definition) is 4. The number of ether oxygens (including phenoxy) is 1. The average molecular weight is 281 g/mol. The second kappa shape index (κ2) is 8.37. The SMILES string of the molecule is CN/C=C(\C=C(\F)C=O)SCc1ccc(OC)cc1. The van der Waals surface area contributed by atoms with Gasteiger partial charge in [-0.15, -0.1) is 11.8 Å². The highest BCUT2D eigenvalue weighted by Gasteiger charge is 2.00. The minimum atomic E-state index is -0.788. The summed E-state index contributed by atoms with van der Waals surface area (Å²) in [4.78, 5) is 10.9. The Morgan fingerprint density at radius 3 is 2.63 bits per heavy atom. The van der Waals surface area contributed by atoms with Crippen LogP contribution >= 0.6 is 11.8 Å². The molecule has 5 heteroatoms. The lowest BCUT2D eigenvalue weighted by molar-refractivity contribution is -0.106. The molecule has 0 aliphatic heterocycles. The van der Waals surface area contributed by atoms with Crippen molar-refractivity contribution in [2.45, 2.75) is 5.75 Å². The molecule has 0 fully saturated rings. The summed E-state index contributed by atoms with van der Waals surface area (Å²) in [5.74, 6) is 0.690. The highest BCUT2D eigenvalue weighted by molar-refractivity contribution is 8.02. The first kappa shape index (κ1) is 15.3. The van der Waals surface area contributed by atoms with Crippen LogP contribution in [0.15, 0.2) is 47.3 Å². The molecule has 0 aliphatic carbocycles. The van der Waals surface area contributed by atoms with E-state index < -0.39 is 5.83 Å².